The molecule has 0 aromatic carbocycles. The minimum atomic E-state index is -0.789. The van der Waals surface area contributed by atoms with Crippen molar-refractivity contribution in [3.8, 4) is 6.07 Å². The third kappa shape index (κ3) is 2.22. The summed E-state index contributed by atoms with van der Waals surface area (Å²) >= 11 is 0. The van der Waals surface area contributed by atoms with Gasteiger partial charge in [-0.25, -0.2) is 0 Å². The van der Waals surface area contributed by atoms with E-state index < -0.39 is 5.41 Å². The van der Waals surface area contributed by atoms with Crippen LogP contribution in [0, 0.1) is 16.7 Å². The minimum absolute atomic E-state index is 0.118. The van der Waals surface area contributed by atoms with Gasteiger partial charge in [-0.15, -0.1) is 0 Å². The number of nitrogens with zero attached hydrogens (tertiary/aromatic N) is 1. The van der Waals surface area contributed by atoms with Gasteiger partial charge in [0.15, 0.2) is 0 Å². The van der Waals surface area contributed by atoms with Crippen LogP contribution in [0.1, 0.15) is 19.3 Å². The summed E-state index contributed by atoms with van der Waals surface area (Å²) in [6.07, 6.45) is 1.52. The first kappa shape index (κ1) is 10.5. The average Bonchev–Trinajstić information content (AvgIpc) is 2.98. The molecule has 0 saturated heterocycles. The number of nitrogens with one attached hydrogen (secondary N) is 2. The van der Waals surface area contributed by atoms with E-state index in [4.69, 9.17) is 5.26 Å². The van der Waals surface area contributed by atoms with Gasteiger partial charge in [-0.3, -0.25) is 9.59 Å². The van der Waals surface area contributed by atoms with Crippen molar-refractivity contribution in [3.63, 3.8) is 0 Å². The third-order valence-electron chi connectivity index (χ3n) is 2.32. The molecule has 0 unspecified atom stereocenters. The normalized spacial score (nSPS) is 16.6. The first-order chi connectivity index (χ1) is 6.64. The highest BCUT2D eigenvalue weighted by atomic mass is 16.2. The van der Waals surface area contributed by atoms with E-state index in [1.807, 2.05) is 6.07 Å². The summed E-state index contributed by atoms with van der Waals surface area (Å²) in [5.41, 5.74) is -0.789. The smallest absolute Gasteiger partial charge is 0.240 e. The fourth-order valence-corrected chi connectivity index (χ4v) is 1.10. The zero-order valence-electron chi connectivity index (χ0n) is 8.09. The van der Waals surface area contributed by atoms with Crippen molar-refractivity contribution >= 4 is 11.8 Å². The molecule has 0 radical (unpaired) electrons. The van der Waals surface area contributed by atoms with Gasteiger partial charge in [0, 0.05) is 20.0 Å². The van der Waals surface area contributed by atoms with Gasteiger partial charge in [0.1, 0.15) is 5.41 Å². The maximum Gasteiger partial charge on any atom is 0.240 e. The lowest BCUT2D eigenvalue weighted by Crippen LogP contribution is -2.34. The highest BCUT2D eigenvalue weighted by molar-refractivity contribution is 5.88. The molecule has 5 nitrogen and oxygen atoms in total. The Balaban J connectivity index is 2.23. The molecule has 1 fully saturated rings. The van der Waals surface area contributed by atoms with E-state index in [9.17, 15) is 9.59 Å². The summed E-state index contributed by atoms with van der Waals surface area (Å²) in [5, 5.41) is 13.7. The van der Waals surface area contributed by atoms with Gasteiger partial charge in [0.25, 0.3) is 0 Å². The predicted octanol–water partition coefficient (Wildman–Crippen LogP) is -0.458. The van der Waals surface area contributed by atoms with E-state index in [1.54, 1.807) is 7.05 Å². The molecule has 2 amide bonds. The molecular formula is C9H13N3O2. The summed E-state index contributed by atoms with van der Waals surface area (Å²) in [5.74, 6) is -0.365. The Labute approximate surface area is 82.5 Å². The van der Waals surface area contributed by atoms with E-state index >= 15 is 0 Å². The van der Waals surface area contributed by atoms with Crippen molar-refractivity contribution in [2.75, 3.05) is 13.6 Å². The molecule has 0 bridgehead atoms. The molecule has 1 rings (SSSR count). The summed E-state index contributed by atoms with van der Waals surface area (Å²) in [4.78, 5) is 22.2. The van der Waals surface area contributed by atoms with Gasteiger partial charge in [-0.2, -0.15) is 5.26 Å². The van der Waals surface area contributed by atoms with Gasteiger partial charge in [-0.1, -0.05) is 0 Å². The molecule has 1 aliphatic carbocycles. The van der Waals surface area contributed by atoms with E-state index in [0.29, 0.717) is 19.4 Å². The SMILES string of the molecule is CNC(=O)CCNC(=O)C1(C#N)CC1. The second-order valence-corrected chi connectivity index (χ2v) is 3.37. The number of hydrogen-bond donors (Lipinski definition) is 2. The zero-order chi connectivity index (χ0) is 10.6. The molecule has 2 N–H and O–H groups in total. The van der Waals surface area contributed by atoms with Gasteiger partial charge in [-0.05, 0) is 12.8 Å². The lowest BCUT2D eigenvalue weighted by Gasteiger charge is -2.06. The molecule has 0 spiro atoms. The molecule has 14 heavy (non-hydrogen) atoms. The molecule has 0 aromatic rings. The van der Waals surface area contributed by atoms with Crippen molar-refractivity contribution in [2.24, 2.45) is 5.41 Å². The van der Waals surface area contributed by atoms with Crippen LogP contribution in [-0.4, -0.2) is 25.4 Å². The number of nitriles is 1. The van der Waals surface area contributed by atoms with Crippen LogP contribution in [0.2, 0.25) is 0 Å². The van der Waals surface area contributed by atoms with Crippen LogP contribution in [0.5, 0.6) is 0 Å². The Bertz CT molecular complexity index is 289. The van der Waals surface area contributed by atoms with Crippen LogP contribution in [0.15, 0.2) is 0 Å². The van der Waals surface area contributed by atoms with Crippen LogP contribution < -0.4 is 10.6 Å². The largest absolute Gasteiger partial charge is 0.359 e. The van der Waals surface area contributed by atoms with Gasteiger partial charge >= 0.3 is 0 Å². The molecule has 0 aromatic heterocycles. The summed E-state index contributed by atoms with van der Waals surface area (Å²) in [6, 6.07) is 1.99. The second-order valence-electron chi connectivity index (χ2n) is 3.37. The second kappa shape index (κ2) is 4.09. The van der Waals surface area contributed by atoms with E-state index in [1.165, 1.54) is 0 Å². The molecule has 0 aliphatic heterocycles. The van der Waals surface area contributed by atoms with Crippen LogP contribution in [-0.2, 0) is 9.59 Å². The quantitative estimate of drug-likeness (QED) is 0.637. The van der Waals surface area contributed by atoms with Crippen LogP contribution >= 0.6 is 0 Å². The Morgan fingerprint density at radius 3 is 2.57 bits per heavy atom. The summed E-state index contributed by atoms with van der Waals surface area (Å²) in [7, 11) is 1.54. The fourth-order valence-electron chi connectivity index (χ4n) is 1.10. The van der Waals surface area contributed by atoms with Gasteiger partial charge in [0.2, 0.25) is 11.8 Å². The molecule has 5 heteroatoms. The van der Waals surface area contributed by atoms with Crippen LogP contribution in [0.25, 0.3) is 0 Å². The standard InChI is InChI=1S/C9H13N3O2/c1-11-7(13)2-5-12-8(14)9(6-10)3-4-9/h2-5H2,1H3,(H,11,13)(H,12,14). The topological polar surface area (TPSA) is 82.0 Å². The Morgan fingerprint density at radius 2 is 2.14 bits per heavy atom. The van der Waals surface area contributed by atoms with Crippen molar-refractivity contribution in [1.82, 2.24) is 10.6 Å². The number of carbonyl (C=O) groups excluding carboxylic acids is 2. The van der Waals surface area contributed by atoms with Crippen molar-refractivity contribution in [1.29, 1.82) is 5.26 Å². The van der Waals surface area contributed by atoms with Gasteiger partial charge < -0.3 is 10.6 Å². The zero-order valence-corrected chi connectivity index (χ0v) is 8.09. The third-order valence-corrected chi connectivity index (χ3v) is 2.32. The lowest BCUT2D eigenvalue weighted by atomic mass is 10.1. The van der Waals surface area contributed by atoms with Crippen LogP contribution in [0.4, 0.5) is 0 Å². The van der Waals surface area contributed by atoms with E-state index in [2.05, 4.69) is 10.6 Å². The fraction of sp³-hybridized carbons (Fsp3) is 0.667. The number of rotatable bonds is 4. The first-order valence-corrected chi connectivity index (χ1v) is 4.55. The molecule has 1 aliphatic rings. The minimum Gasteiger partial charge on any atom is -0.359 e. The Kier molecular flexibility index (Phi) is 3.07. The number of amides is 2. The number of carbonyl (C=O) groups is 2. The lowest BCUT2D eigenvalue weighted by molar-refractivity contribution is -0.124. The maximum absolute atomic E-state index is 11.4. The molecule has 76 valence electrons. The van der Waals surface area contributed by atoms with Crippen molar-refractivity contribution in [2.45, 2.75) is 19.3 Å². The highest BCUT2D eigenvalue weighted by Gasteiger charge is 2.50. The molecular weight excluding hydrogens is 182 g/mol. The first-order valence-electron chi connectivity index (χ1n) is 4.55. The van der Waals surface area contributed by atoms with Crippen molar-refractivity contribution < 1.29 is 9.59 Å². The molecule has 0 heterocycles. The van der Waals surface area contributed by atoms with E-state index in [-0.39, 0.29) is 18.2 Å². The van der Waals surface area contributed by atoms with Crippen molar-refractivity contribution in [3.05, 3.63) is 0 Å². The summed E-state index contributed by atoms with van der Waals surface area (Å²) < 4.78 is 0. The Hall–Kier alpha value is -1.57. The molecule has 1 saturated carbocycles. The predicted molar refractivity (Wildman–Crippen MR) is 49.0 cm³/mol. The molecule has 0 atom stereocenters. The Morgan fingerprint density at radius 1 is 1.50 bits per heavy atom. The number of hydrogen-bond acceptors (Lipinski definition) is 3. The van der Waals surface area contributed by atoms with Crippen LogP contribution in [0.3, 0.4) is 0 Å². The maximum atomic E-state index is 11.4. The average molecular weight is 195 g/mol. The monoisotopic (exact) mass is 195 g/mol. The highest BCUT2D eigenvalue weighted by Crippen LogP contribution is 2.44. The summed E-state index contributed by atoms with van der Waals surface area (Å²) in [6.45, 7) is 0.294. The van der Waals surface area contributed by atoms with Gasteiger partial charge in [0.05, 0.1) is 6.07 Å². The van der Waals surface area contributed by atoms with E-state index in [0.717, 1.165) is 0 Å².